The van der Waals surface area contributed by atoms with Crippen LogP contribution in [0.3, 0.4) is 0 Å². The first-order valence-electron chi connectivity index (χ1n) is 18.3. The molecule has 49 heavy (non-hydrogen) atoms. The molecule has 0 nitrogen and oxygen atoms in total. The fourth-order valence-corrected chi connectivity index (χ4v) is 15.1. The third-order valence-electron chi connectivity index (χ3n) is 16.0. The van der Waals surface area contributed by atoms with E-state index in [1.807, 2.05) is 0 Å². The van der Waals surface area contributed by atoms with Gasteiger partial charge in [-0.2, -0.15) is 0 Å². The Bertz CT molecular complexity index is 4630. The summed E-state index contributed by atoms with van der Waals surface area (Å²) in [5, 5.41) is 53.6. The van der Waals surface area contributed by atoms with Gasteiger partial charge < -0.3 is 0 Å². The lowest BCUT2D eigenvalue weighted by Crippen LogP contribution is -2.07. The van der Waals surface area contributed by atoms with E-state index in [4.69, 9.17) is 0 Å². The van der Waals surface area contributed by atoms with Gasteiger partial charge in [-0.1, -0.05) is 48.0 Å². The third-order valence-corrected chi connectivity index (χ3v) is 16.0. The maximum atomic E-state index is 2.66. The summed E-state index contributed by atoms with van der Waals surface area (Å²) in [4.78, 5) is 0. The van der Waals surface area contributed by atoms with E-state index < -0.39 is 0 Å². The summed E-state index contributed by atoms with van der Waals surface area (Å²) in [5.74, 6) is 0. The number of hydrogen-bond donors (Lipinski definition) is 0. The average Bonchev–Trinajstić information content (AvgIpc) is 3.96. The van der Waals surface area contributed by atoms with Crippen LogP contribution in [0.1, 0.15) is 23.1 Å². The van der Waals surface area contributed by atoms with Crippen molar-refractivity contribution < 1.29 is 0 Å². The van der Waals surface area contributed by atoms with Crippen molar-refractivity contribution in [2.45, 2.75) is 19.3 Å². The Labute approximate surface area is 271 Å². The highest BCUT2D eigenvalue weighted by Gasteiger charge is 2.41. The molecular formula is C49H14. The lowest BCUT2D eigenvalue weighted by Gasteiger charge is -2.18. The van der Waals surface area contributed by atoms with Gasteiger partial charge in [-0.15, -0.1) is 0 Å². The van der Waals surface area contributed by atoms with Crippen molar-refractivity contribution in [2.24, 2.45) is 0 Å². The first kappa shape index (κ1) is 19.7. The van der Waals surface area contributed by atoms with Crippen molar-refractivity contribution in [3.8, 4) is 0 Å². The first-order chi connectivity index (χ1) is 24.4. The summed E-state index contributed by atoms with van der Waals surface area (Å²) in [7, 11) is 0. The predicted octanol–water partition coefficient (Wildman–Crippen LogP) is 11.6. The van der Waals surface area contributed by atoms with Crippen molar-refractivity contribution in [1.82, 2.24) is 0 Å². The summed E-state index contributed by atoms with van der Waals surface area (Å²) < 4.78 is 0. The Hall–Kier alpha value is -5.98. The summed E-state index contributed by atoms with van der Waals surface area (Å²) in [6.07, 6.45) is 5.88. The first-order valence-corrected chi connectivity index (χ1v) is 18.3. The van der Waals surface area contributed by atoms with E-state index in [-0.39, 0.29) is 0 Å². The smallest absolute Gasteiger partial charge is 0.000000213 e. The molecule has 0 N–H and O–H groups in total. The van der Waals surface area contributed by atoms with E-state index in [0.29, 0.717) is 0 Å². The van der Waals surface area contributed by atoms with E-state index in [0.717, 1.165) is 19.3 Å². The molecular weight excluding hydrogens is 589 g/mol. The van der Waals surface area contributed by atoms with Crippen LogP contribution < -0.4 is 10.4 Å². The number of benzene rings is 12. The molecule has 0 radical (unpaired) electrons. The minimum Gasteiger partial charge on any atom is -0.0719 e. The Morgan fingerprint density at radius 3 is 1.45 bits per heavy atom. The Morgan fingerprint density at radius 1 is 0.306 bits per heavy atom. The molecule has 0 atom stereocenters. The lowest BCUT2D eigenvalue weighted by molar-refractivity contribution is 1.27. The molecule has 20 rings (SSSR count). The second-order valence-corrected chi connectivity index (χ2v) is 17.1. The van der Waals surface area contributed by atoms with E-state index in [2.05, 4.69) is 48.5 Å². The Morgan fingerprint density at radius 2 is 0.755 bits per heavy atom. The molecule has 0 saturated carbocycles. The second kappa shape index (κ2) is 4.99. The standard InChI is InChI=1S/C49H14/c1-2-17-18-3-4-19-20-5-6-21-22-11-16-10-14-9-15-8-13-7-12(1)23-24(13)34-27(15)35-25(14)26(16)37-33(22)40-31(21)30(20)38-28(19)29(18)39-32(17)36(23)43-41(34)42(35)44(37)49-47(40)45(38)46(39)48(43)49/h2-6,8-9,11H,1,7,10H2. The average molecular weight is 603 g/mol. The molecule has 17 aromatic rings. The zero-order valence-electron chi connectivity index (χ0n) is 25.7. The van der Waals surface area contributed by atoms with Gasteiger partial charge >= 0.3 is 0 Å². The van der Waals surface area contributed by atoms with Crippen LogP contribution in [0.15, 0.2) is 42.5 Å². The van der Waals surface area contributed by atoms with Crippen molar-refractivity contribution in [3.05, 3.63) is 69.6 Å². The SMILES string of the molecule is C1=c2c3ccc4c5ccc6c7cc8c9c%10c(cc%11cc%12c%13c(c%14c2c2c3c4c3c5c6c4c7c9c5c6c%10c%11c%13c6c%14c6c2c3c4c56)=C(C1)C%12)C8. The van der Waals surface area contributed by atoms with Crippen LogP contribution in [0, 0.1) is 0 Å². The predicted molar refractivity (Wildman–Crippen MR) is 210 cm³/mol. The molecule has 0 saturated heterocycles. The van der Waals surface area contributed by atoms with E-state index in [1.165, 1.54) is 37.5 Å². The van der Waals surface area contributed by atoms with Crippen LogP contribution in [0.5, 0.6) is 0 Å². The monoisotopic (exact) mass is 602 g/mol. The number of rotatable bonds is 0. The second-order valence-electron chi connectivity index (χ2n) is 17.1. The van der Waals surface area contributed by atoms with Crippen LogP contribution >= 0.6 is 0 Å². The maximum absolute atomic E-state index is 2.66. The maximum Gasteiger partial charge on any atom is -0.000000213 e. The van der Waals surface area contributed by atoms with Crippen molar-refractivity contribution in [3.63, 3.8) is 0 Å². The van der Waals surface area contributed by atoms with Crippen LogP contribution in [0.4, 0.5) is 0 Å². The van der Waals surface area contributed by atoms with Gasteiger partial charge in [0, 0.05) is 0 Å². The number of hydrogen-bond acceptors (Lipinski definition) is 0. The highest BCUT2D eigenvalue weighted by Crippen LogP contribution is 2.68. The van der Waals surface area contributed by atoms with Crippen LogP contribution in [-0.4, -0.2) is 0 Å². The van der Waals surface area contributed by atoms with Gasteiger partial charge in [-0.3, -0.25) is 0 Å². The fraction of sp³-hybridized carbons (Fsp3) is 0.0612. The van der Waals surface area contributed by atoms with Crippen molar-refractivity contribution in [2.75, 3.05) is 0 Å². The van der Waals surface area contributed by atoms with Gasteiger partial charge in [0.2, 0.25) is 0 Å². The van der Waals surface area contributed by atoms with E-state index in [1.54, 1.807) is 168 Å². The van der Waals surface area contributed by atoms with Crippen molar-refractivity contribution in [1.29, 1.82) is 0 Å². The normalized spacial score (nSPS) is 17.3. The van der Waals surface area contributed by atoms with Crippen molar-refractivity contribution >= 4 is 184 Å². The molecule has 0 heterocycles. The largest absolute Gasteiger partial charge is 0.0719 e. The number of fused-ring (bicyclic) bond motifs is 3. The summed E-state index contributed by atoms with van der Waals surface area (Å²) in [6, 6.07) is 18.0. The minimum absolute atomic E-state index is 1.06. The van der Waals surface area contributed by atoms with E-state index in [9.17, 15) is 0 Å². The molecule has 0 bridgehead atoms. The fourth-order valence-electron chi connectivity index (χ4n) is 15.1. The summed E-state index contributed by atoms with van der Waals surface area (Å²) in [6.45, 7) is 0. The Balaban J connectivity index is 1.42. The topological polar surface area (TPSA) is 0 Å². The summed E-state index contributed by atoms with van der Waals surface area (Å²) >= 11 is 0. The molecule has 0 unspecified atom stereocenters. The van der Waals surface area contributed by atoms with Gasteiger partial charge in [0.25, 0.3) is 0 Å². The minimum atomic E-state index is 1.06. The third kappa shape index (κ3) is 1.33. The molecule has 0 heteroatoms. The Kier molecular flexibility index (Phi) is 2.01. The van der Waals surface area contributed by atoms with Gasteiger partial charge in [-0.05, 0) is 225 Å². The van der Waals surface area contributed by atoms with Crippen LogP contribution in [0.25, 0.3) is 184 Å². The zero-order valence-corrected chi connectivity index (χ0v) is 25.7. The van der Waals surface area contributed by atoms with E-state index >= 15 is 0 Å². The quantitative estimate of drug-likeness (QED) is 0.120. The van der Waals surface area contributed by atoms with Gasteiger partial charge in [0.1, 0.15) is 0 Å². The molecule has 0 aromatic heterocycles. The summed E-state index contributed by atoms with van der Waals surface area (Å²) in [5.41, 5.74) is 6.38. The highest BCUT2D eigenvalue weighted by molar-refractivity contribution is 6.70. The molecule has 0 amide bonds. The molecule has 0 fully saturated rings. The molecule has 17 aromatic carbocycles. The van der Waals surface area contributed by atoms with Gasteiger partial charge in [0.05, 0.1) is 0 Å². The lowest BCUT2D eigenvalue weighted by atomic mass is 9.83. The zero-order chi connectivity index (χ0) is 29.7. The molecule has 3 aliphatic carbocycles. The molecule has 3 aliphatic rings. The molecule has 0 spiro atoms. The molecule has 210 valence electrons. The highest BCUT2D eigenvalue weighted by atomic mass is 14.4. The molecule has 0 aliphatic heterocycles. The van der Waals surface area contributed by atoms with Crippen LogP contribution in [0.2, 0.25) is 0 Å². The van der Waals surface area contributed by atoms with Gasteiger partial charge in [-0.25, -0.2) is 0 Å². The van der Waals surface area contributed by atoms with Crippen LogP contribution in [-0.2, 0) is 12.8 Å². The van der Waals surface area contributed by atoms with Gasteiger partial charge in [0.15, 0.2) is 0 Å².